The van der Waals surface area contributed by atoms with E-state index in [-0.39, 0.29) is 53.2 Å². The molecule has 1 N–H and O–H groups in total. The molecule has 6 unspecified atom stereocenters. The number of likely N-dealkylation sites (tertiary alicyclic amines) is 1. The number of hydrogen-bond donors (Lipinski definition) is 1. The average molecular weight is 592 g/mol. The molecule has 202 valence electrons. The van der Waals surface area contributed by atoms with E-state index in [9.17, 15) is 28.7 Å². The number of amides is 4. The van der Waals surface area contributed by atoms with Crippen LogP contribution in [0, 0.1) is 23.6 Å². The zero-order valence-corrected chi connectivity index (χ0v) is 22.8. The molecule has 0 radical (unpaired) electrons. The zero-order chi connectivity index (χ0) is 28.0. The van der Waals surface area contributed by atoms with Crippen molar-refractivity contribution in [3.05, 3.63) is 70.5 Å². The number of halogens is 4. The van der Waals surface area contributed by atoms with Gasteiger partial charge in [-0.15, -0.1) is 23.2 Å². The van der Waals surface area contributed by atoms with Gasteiger partial charge in [0.25, 0.3) is 11.8 Å². The van der Waals surface area contributed by atoms with Crippen molar-refractivity contribution >= 4 is 64.1 Å². The van der Waals surface area contributed by atoms with Gasteiger partial charge >= 0.3 is 0 Å². The molecule has 2 aliphatic heterocycles. The van der Waals surface area contributed by atoms with Gasteiger partial charge in [0, 0.05) is 23.0 Å². The fourth-order valence-electron chi connectivity index (χ4n) is 6.88. The number of aromatic hydroxyl groups is 1. The number of rotatable bonds is 3. The van der Waals surface area contributed by atoms with Gasteiger partial charge < -0.3 is 5.11 Å². The number of carbonyl (C=O) groups is 4. The standard InChI is InChI=1S/C28H22Cl3FN2O5/c1-2-33-23(36)17-9-8-16-19(21(17)24(33)37)12-27(30)25(38)34(15-6-4-14(32)5-7-15)26(39)28(27,31)22(16)18-11-13(29)3-10-20(18)35/h3-8,10-11,17,19,21-22,35H,2,9,12H2,1H3. The number of benzene rings is 2. The first-order chi connectivity index (χ1) is 18.5. The van der Waals surface area contributed by atoms with Crippen LogP contribution in [0.2, 0.25) is 5.02 Å². The maximum absolute atomic E-state index is 14.2. The topological polar surface area (TPSA) is 95.0 Å². The van der Waals surface area contributed by atoms with E-state index in [1.807, 2.05) is 0 Å². The van der Waals surface area contributed by atoms with Crippen LogP contribution in [-0.2, 0) is 19.2 Å². The number of carbonyl (C=O) groups excluding carboxylic acids is 4. The molecule has 2 aromatic carbocycles. The van der Waals surface area contributed by atoms with Gasteiger partial charge in [0.1, 0.15) is 11.6 Å². The minimum Gasteiger partial charge on any atom is -0.508 e. The Kier molecular flexibility index (Phi) is 5.92. The van der Waals surface area contributed by atoms with Crippen molar-refractivity contribution in [3.63, 3.8) is 0 Å². The van der Waals surface area contributed by atoms with Crippen LogP contribution in [0.15, 0.2) is 54.1 Å². The summed E-state index contributed by atoms with van der Waals surface area (Å²) in [5.41, 5.74) is 0.790. The molecular formula is C28H22Cl3FN2O5. The van der Waals surface area contributed by atoms with Gasteiger partial charge in [0.05, 0.1) is 17.5 Å². The maximum Gasteiger partial charge on any atom is 0.258 e. The van der Waals surface area contributed by atoms with Gasteiger partial charge in [-0.25, -0.2) is 9.29 Å². The molecule has 2 aromatic rings. The van der Waals surface area contributed by atoms with E-state index < -0.39 is 51.1 Å². The SMILES string of the molecule is CCN1C(=O)C2CC=C3C(CC4(Cl)C(=O)N(c5ccc(F)cc5)C(=O)C4(Cl)C3c3cc(Cl)ccc3O)C2C1=O. The number of hydrogen-bond acceptors (Lipinski definition) is 5. The number of alkyl halides is 2. The lowest BCUT2D eigenvalue weighted by Crippen LogP contribution is -2.60. The van der Waals surface area contributed by atoms with Crippen molar-refractivity contribution in [2.75, 3.05) is 11.4 Å². The lowest BCUT2D eigenvalue weighted by atomic mass is 9.56. The zero-order valence-electron chi connectivity index (χ0n) is 20.5. The van der Waals surface area contributed by atoms with Gasteiger partial charge in [-0.1, -0.05) is 23.3 Å². The summed E-state index contributed by atoms with van der Waals surface area (Å²) in [5, 5.41) is 11.2. The largest absolute Gasteiger partial charge is 0.508 e. The predicted octanol–water partition coefficient (Wildman–Crippen LogP) is 4.77. The Morgan fingerprint density at radius 3 is 2.36 bits per heavy atom. The first-order valence-electron chi connectivity index (χ1n) is 12.5. The summed E-state index contributed by atoms with van der Waals surface area (Å²) in [6.45, 7) is 1.91. The number of anilines is 1. The smallest absolute Gasteiger partial charge is 0.258 e. The Balaban J connectivity index is 1.59. The Bertz CT molecular complexity index is 1500. The van der Waals surface area contributed by atoms with Crippen LogP contribution in [0.3, 0.4) is 0 Å². The van der Waals surface area contributed by atoms with Gasteiger partial charge in [-0.05, 0) is 68.1 Å². The van der Waals surface area contributed by atoms with Crippen molar-refractivity contribution in [1.29, 1.82) is 0 Å². The molecule has 7 nitrogen and oxygen atoms in total. The second-order valence-corrected chi connectivity index (χ2v) is 12.1. The van der Waals surface area contributed by atoms with Crippen molar-refractivity contribution < 1.29 is 28.7 Å². The molecule has 2 aliphatic carbocycles. The van der Waals surface area contributed by atoms with E-state index in [0.717, 1.165) is 17.0 Å². The van der Waals surface area contributed by atoms with Crippen LogP contribution in [0.4, 0.5) is 10.1 Å². The Hall–Kier alpha value is -2.94. The van der Waals surface area contributed by atoms with E-state index in [1.165, 1.54) is 35.2 Å². The summed E-state index contributed by atoms with van der Waals surface area (Å²) in [4.78, 5) is 52.6. The van der Waals surface area contributed by atoms with Crippen molar-refractivity contribution in [1.82, 2.24) is 4.90 Å². The predicted molar refractivity (Wildman–Crippen MR) is 142 cm³/mol. The normalized spacial score (nSPS) is 33.7. The summed E-state index contributed by atoms with van der Waals surface area (Å²) in [7, 11) is 0. The van der Waals surface area contributed by atoms with Gasteiger partial charge in [-0.3, -0.25) is 24.1 Å². The average Bonchev–Trinajstić information content (AvgIpc) is 3.24. The molecule has 6 rings (SSSR count). The summed E-state index contributed by atoms with van der Waals surface area (Å²) in [6, 6.07) is 9.03. The number of nitrogens with zero attached hydrogens (tertiary/aromatic N) is 2. The van der Waals surface area contributed by atoms with Gasteiger partial charge in [0.2, 0.25) is 11.8 Å². The van der Waals surface area contributed by atoms with Gasteiger partial charge in [0.15, 0.2) is 9.75 Å². The number of allylic oxidation sites excluding steroid dienone is 2. The highest BCUT2D eigenvalue weighted by Gasteiger charge is 2.76. The summed E-state index contributed by atoms with van der Waals surface area (Å²) in [6.07, 6.45) is 1.81. The lowest BCUT2D eigenvalue weighted by Gasteiger charge is -2.50. The second-order valence-electron chi connectivity index (χ2n) is 10.4. The first-order valence-corrected chi connectivity index (χ1v) is 13.6. The minimum absolute atomic E-state index is 0.0778. The molecular weight excluding hydrogens is 570 g/mol. The van der Waals surface area contributed by atoms with E-state index in [4.69, 9.17) is 34.8 Å². The Labute approximate surface area is 238 Å². The van der Waals surface area contributed by atoms with Crippen LogP contribution in [0.5, 0.6) is 5.75 Å². The first kappa shape index (κ1) is 26.3. The highest BCUT2D eigenvalue weighted by molar-refractivity contribution is 6.58. The van der Waals surface area contributed by atoms with Crippen LogP contribution in [0.1, 0.15) is 31.2 Å². The Morgan fingerprint density at radius 2 is 1.69 bits per heavy atom. The van der Waals surface area contributed by atoms with E-state index >= 15 is 0 Å². The molecule has 1 saturated carbocycles. The summed E-state index contributed by atoms with van der Waals surface area (Å²) < 4.78 is 13.7. The third-order valence-electron chi connectivity index (χ3n) is 8.60. The number of phenols is 1. The number of imide groups is 2. The van der Waals surface area contributed by atoms with Crippen molar-refractivity contribution in [3.8, 4) is 5.75 Å². The molecule has 0 spiro atoms. The molecule has 4 aliphatic rings. The van der Waals surface area contributed by atoms with Crippen molar-refractivity contribution in [2.45, 2.75) is 35.4 Å². The monoisotopic (exact) mass is 590 g/mol. The quantitative estimate of drug-likeness (QED) is 0.315. The molecule has 2 saturated heterocycles. The van der Waals surface area contributed by atoms with Crippen LogP contribution >= 0.6 is 34.8 Å². The van der Waals surface area contributed by atoms with Crippen LogP contribution < -0.4 is 4.90 Å². The van der Waals surface area contributed by atoms with E-state index in [0.29, 0.717) is 5.57 Å². The molecule has 4 amide bonds. The minimum atomic E-state index is -2.13. The lowest BCUT2D eigenvalue weighted by molar-refractivity contribution is -0.140. The highest BCUT2D eigenvalue weighted by atomic mass is 35.5. The number of phenolic OH excluding ortho intramolecular Hbond substituents is 1. The summed E-state index contributed by atoms with van der Waals surface area (Å²) >= 11 is 20.7. The fourth-order valence-corrected chi connectivity index (χ4v) is 7.99. The summed E-state index contributed by atoms with van der Waals surface area (Å²) in [5.74, 6) is -6.43. The van der Waals surface area contributed by atoms with E-state index in [2.05, 4.69) is 0 Å². The third kappa shape index (κ3) is 3.34. The molecule has 0 bridgehead atoms. The van der Waals surface area contributed by atoms with E-state index in [1.54, 1.807) is 13.0 Å². The fraction of sp³-hybridized carbons (Fsp3) is 0.357. The Morgan fingerprint density at radius 1 is 1.00 bits per heavy atom. The van der Waals surface area contributed by atoms with Crippen molar-refractivity contribution in [2.24, 2.45) is 17.8 Å². The third-order valence-corrected chi connectivity index (χ3v) is 10.3. The molecule has 39 heavy (non-hydrogen) atoms. The molecule has 11 heteroatoms. The molecule has 2 heterocycles. The van der Waals surface area contributed by atoms with Gasteiger partial charge in [-0.2, -0.15) is 0 Å². The van der Waals surface area contributed by atoms with Crippen LogP contribution in [0.25, 0.3) is 0 Å². The maximum atomic E-state index is 14.2. The number of fused-ring (bicyclic) bond motifs is 4. The molecule has 6 atom stereocenters. The second kappa shape index (κ2) is 8.78. The molecule has 0 aromatic heterocycles. The highest BCUT2D eigenvalue weighted by Crippen LogP contribution is 2.66. The molecule has 3 fully saturated rings. The van der Waals surface area contributed by atoms with Crippen LogP contribution in [-0.4, -0.2) is 49.9 Å².